The highest BCUT2D eigenvalue weighted by Gasteiger charge is 2.35. The molecule has 0 bridgehead atoms. The Morgan fingerprint density at radius 1 is 1.43 bits per heavy atom. The van der Waals surface area contributed by atoms with Gasteiger partial charge in [0.2, 0.25) is 5.91 Å². The fraction of sp³-hybridized carbons (Fsp3) is 0.533. The van der Waals surface area contributed by atoms with Gasteiger partial charge in [-0.05, 0) is 44.0 Å². The molecule has 21 heavy (non-hydrogen) atoms. The zero-order valence-electron chi connectivity index (χ0n) is 12.1. The molecule has 1 saturated heterocycles. The number of carbonyl (C=O) groups excluding carboxylic acids is 1. The first kappa shape index (κ1) is 16.1. The third-order valence-corrected chi connectivity index (χ3v) is 3.79. The van der Waals surface area contributed by atoms with Crippen molar-refractivity contribution in [2.24, 2.45) is 5.73 Å². The summed E-state index contributed by atoms with van der Waals surface area (Å²) in [7, 11) is 0. The molecule has 2 rings (SSSR count). The molecule has 0 spiro atoms. The highest BCUT2D eigenvalue weighted by atomic mass is 35.5. The van der Waals surface area contributed by atoms with Crippen molar-refractivity contribution < 1.29 is 14.3 Å². The van der Waals surface area contributed by atoms with Crippen LogP contribution in [0.4, 0.5) is 0 Å². The van der Waals surface area contributed by atoms with E-state index < -0.39 is 5.54 Å². The molecule has 1 aliphatic rings. The van der Waals surface area contributed by atoms with Gasteiger partial charge < -0.3 is 20.5 Å². The summed E-state index contributed by atoms with van der Waals surface area (Å²) in [4.78, 5) is 12.2. The largest absolute Gasteiger partial charge is 0.489 e. The van der Waals surface area contributed by atoms with Gasteiger partial charge in [-0.15, -0.1) is 0 Å². The van der Waals surface area contributed by atoms with Gasteiger partial charge in [0, 0.05) is 18.2 Å². The van der Waals surface area contributed by atoms with Gasteiger partial charge in [-0.25, -0.2) is 0 Å². The second kappa shape index (κ2) is 7.11. The lowest BCUT2D eigenvalue weighted by atomic mass is 9.90. The summed E-state index contributed by atoms with van der Waals surface area (Å²) in [5, 5.41) is 3.51. The Hall–Kier alpha value is -1.30. The van der Waals surface area contributed by atoms with Gasteiger partial charge in [-0.3, -0.25) is 4.79 Å². The minimum atomic E-state index is -0.821. The van der Waals surface area contributed by atoms with Crippen molar-refractivity contribution in [3.8, 4) is 5.75 Å². The van der Waals surface area contributed by atoms with Gasteiger partial charge in [0.1, 0.15) is 11.9 Å². The van der Waals surface area contributed by atoms with Crippen LogP contribution in [0.3, 0.4) is 0 Å². The second-order valence-corrected chi connectivity index (χ2v) is 5.80. The van der Waals surface area contributed by atoms with Crippen molar-refractivity contribution in [2.75, 3.05) is 19.8 Å². The lowest BCUT2D eigenvalue weighted by Gasteiger charge is -2.32. The number of rotatable bonds is 5. The van der Waals surface area contributed by atoms with E-state index in [0.29, 0.717) is 37.6 Å². The van der Waals surface area contributed by atoms with Crippen molar-refractivity contribution >= 4 is 17.5 Å². The summed E-state index contributed by atoms with van der Waals surface area (Å²) >= 11 is 5.82. The van der Waals surface area contributed by atoms with E-state index in [4.69, 9.17) is 26.8 Å². The Morgan fingerprint density at radius 2 is 2.05 bits per heavy atom. The molecule has 5 nitrogen and oxygen atoms in total. The number of benzene rings is 1. The molecule has 0 saturated carbocycles. The molecule has 1 amide bonds. The van der Waals surface area contributed by atoms with Gasteiger partial charge in [0.25, 0.3) is 0 Å². The molecule has 1 unspecified atom stereocenters. The number of hydrogen-bond acceptors (Lipinski definition) is 4. The third kappa shape index (κ3) is 4.59. The van der Waals surface area contributed by atoms with Gasteiger partial charge in [0.15, 0.2) is 0 Å². The Morgan fingerprint density at radius 3 is 2.67 bits per heavy atom. The number of ether oxygens (including phenoxy) is 2. The molecule has 0 aromatic heterocycles. The average molecular weight is 313 g/mol. The van der Waals surface area contributed by atoms with E-state index in [1.807, 2.05) is 6.92 Å². The molecule has 116 valence electrons. The summed E-state index contributed by atoms with van der Waals surface area (Å²) in [6, 6.07) is 7.12. The van der Waals surface area contributed by atoms with Crippen molar-refractivity contribution in [1.82, 2.24) is 5.32 Å². The number of amides is 1. The van der Waals surface area contributed by atoms with Crippen LogP contribution < -0.4 is 15.8 Å². The van der Waals surface area contributed by atoms with E-state index in [0.717, 1.165) is 5.75 Å². The van der Waals surface area contributed by atoms with Crippen molar-refractivity contribution in [1.29, 1.82) is 0 Å². The lowest BCUT2D eigenvalue weighted by Crippen LogP contribution is -2.57. The first-order valence-corrected chi connectivity index (χ1v) is 7.44. The van der Waals surface area contributed by atoms with Gasteiger partial charge in [-0.2, -0.15) is 0 Å². The lowest BCUT2D eigenvalue weighted by molar-refractivity contribution is -0.130. The summed E-state index contributed by atoms with van der Waals surface area (Å²) in [5.41, 5.74) is 5.29. The van der Waals surface area contributed by atoms with Gasteiger partial charge in [-0.1, -0.05) is 11.6 Å². The molecule has 1 heterocycles. The minimum absolute atomic E-state index is 0.141. The summed E-state index contributed by atoms with van der Waals surface area (Å²) in [5.74, 6) is 0.576. The minimum Gasteiger partial charge on any atom is -0.489 e. The van der Waals surface area contributed by atoms with Crippen molar-refractivity contribution in [3.05, 3.63) is 29.3 Å². The fourth-order valence-corrected chi connectivity index (χ4v) is 2.29. The predicted molar refractivity (Wildman–Crippen MR) is 81.5 cm³/mol. The molecule has 1 aromatic carbocycles. The molecule has 6 heteroatoms. The number of halogens is 1. The van der Waals surface area contributed by atoms with Crippen LogP contribution in [0.25, 0.3) is 0 Å². The van der Waals surface area contributed by atoms with Crippen LogP contribution in [0.15, 0.2) is 24.3 Å². The van der Waals surface area contributed by atoms with E-state index in [1.165, 1.54) is 0 Å². The number of carbonyl (C=O) groups is 1. The van der Waals surface area contributed by atoms with Crippen LogP contribution in [-0.2, 0) is 9.53 Å². The quantitative estimate of drug-likeness (QED) is 0.868. The Bertz CT molecular complexity index is 472. The first-order chi connectivity index (χ1) is 9.99. The Kier molecular flexibility index (Phi) is 5.45. The van der Waals surface area contributed by atoms with E-state index in [2.05, 4.69) is 5.32 Å². The number of hydrogen-bond donors (Lipinski definition) is 2. The molecular formula is C15H21ClN2O3. The third-order valence-electron chi connectivity index (χ3n) is 3.54. The molecular weight excluding hydrogens is 292 g/mol. The first-order valence-electron chi connectivity index (χ1n) is 7.07. The highest BCUT2D eigenvalue weighted by molar-refractivity contribution is 6.30. The zero-order valence-corrected chi connectivity index (χ0v) is 12.9. The number of nitrogens with two attached hydrogens (primary N) is 1. The maximum absolute atomic E-state index is 12.2. The van der Waals surface area contributed by atoms with Gasteiger partial charge in [0.05, 0.1) is 12.1 Å². The Balaban J connectivity index is 1.79. The second-order valence-electron chi connectivity index (χ2n) is 5.36. The molecule has 1 aliphatic heterocycles. The summed E-state index contributed by atoms with van der Waals surface area (Å²) in [6.07, 6.45) is 0.940. The van der Waals surface area contributed by atoms with Crippen LogP contribution in [0.5, 0.6) is 5.75 Å². The Labute approximate surface area is 129 Å². The molecule has 1 atom stereocenters. The molecule has 1 aromatic rings. The maximum Gasteiger partial charge on any atom is 0.240 e. The van der Waals surface area contributed by atoms with Crippen LogP contribution in [0, 0.1) is 0 Å². The highest BCUT2D eigenvalue weighted by Crippen LogP contribution is 2.18. The monoisotopic (exact) mass is 312 g/mol. The summed E-state index contributed by atoms with van der Waals surface area (Å²) < 4.78 is 10.9. The van der Waals surface area contributed by atoms with Crippen LogP contribution in [0.1, 0.15) is 19.8 Å². The number of nitrogens with one attached hydrogen (secondary N) is 1. The van der Waals surface area contributed by atoms with E-state index >= 15 is 0 Å². The SMILES string of the molecule is CC(CNC(=O)C1(N)CCOCC1)Oc1ccc(Cl)cc1. The fourth-order valence-electron chi connectivity index (χ4n) is 2.16. The zero-order chi connectivity index (χ0) is 15.3. The van der Waals surface area contributed by atoms with Crippen LogP contribution in [-0.4, -0.2) is 37.3 Å². The smallest absolute Gasteiger partial charge is 0.240 e. The normalized spacial score (nSPS) is 18.8. The van der Waals surface area contributed by atoms with E-state index in [1.54, 1.807) is 24.3 Å². The average Bonchev–Trinajstić information content (AvgIpc) is 2.48. The predicted octanol–water partition coefficient (Wildman–Crippen LogP) is 1.73. The van der Waals surface area contributed by atoms with E-state index in [-0.39, 0.29) is 12.0 Å². The molecule has 0 aliphatic carbocycles. The van der Waals surface area contributed by atoms with Crippen LogP contribution in [0.2, 0.25) is 5.02 Å². The maximum atomic E-state index is 12.2. The molecule has 0 radical (unpaired) electrons. The standard InChI is InChI=1S/C15H21ClN2O3/c1-11(21-13-4-2-12(16)3-5-13)10-18-14(19)15(17)6-8-20-9-7-15/h2-5,11H,6-10,17H2,1H3,(H,18,19). The van der Waals surface area contributed by atoms with E-state index in [9.17, 15) is 4.79 Å². The van der Waals surface area contributed by atoms with Gasteiger partial charge >= 0.3 is 0 Å². The molecule has 1 fully saturated rings. The van der Waals surface area contributed by atoms with Crippen LogP contribution >= 0.6 is 11.6 Å². The summed E-state index contributed by atoms with van der Waals surface area (Å²) in [6.45, 7) is 3.35. The molecule has 3 N–H and O–H groups in total. The van der Waals surface area contributed by atoms with Crippen molar-refractivity contribution in [3.63, 3.8) is 0 Å². The van der Waals surface area contributed by atoms with Crippen molar-refractivity contribution in [2.45, 2.75) is 31.4 Å². The topological polar surface area (TPSA) is 73.6 Å².